The van der Waals surface area contributed by atoms with Gasteiger partial charge in [-0.3, -0.25) is 4.79 Å². The molecule has 1 N–H and O–H groups in total. The van der Waals surface area contributed by atoms with Crippen LogP contribution in [0.4, 0.5) is 5.13 Å². The molecule has 2 aromatic rings. The number of fused-ring (bicyclic) bond motifs is 1. The van der Waals surface area contributed by atoms with Gasteiger partial charge >= 0.3 is 0 Å². The number of nitrogens with zero attached hydrogens (tertiary/aromatic N) is 2. The van der Waals surface area contributed by atoms with Crippen LogP contribution in [0.3, 0.4) is 0 Å². The molecule has 0 saturated carbocycles. The molecule has 0 spiro atoms. The maximum atomic E-state index is 12.1. The Kier molecular flexibility index (Phi) is 4.60. The molecular weight excluding hydrogens is 306 g/mol. The number of aromatic nitrogens is 1. The van der Waals surface area contributed by atoms with E-state index in [1.807, 2.05) is 23.1 Å². The molecule has 1 fully saturated rings. The molecule has 112 valence electrons. The van der Waals surface area contributed by atoms with Crippen LogP contribution in [0.15, 0.2) is 18.2 Å². The number of amides is 1. The zero-order valence-electron chi connectivity index (χ0n) is 11.8. The fourth-order valence-corrected chi connectivity index (χ4v) is 3.72. The minimum absolute atomic E-state index is 0.242. The van der Waals surface area contributed by atoms with Gasteiger partial charge in [0.2, 0.25) is 5.91 Å². The van der Waals surface area contributed by atoms with Crippen LogP contribution >= 0.6 is 22.9 Å². The van der Waals surface area contributed by atoms with Gasteiger partial charge in [-0.2, -0.15) is 0 Å². The van der Waals surface area contributed by atoms with E-state index in [1.165, 1.54) is 6.42 Å². The molecule has 3 rings (SSSR count). The number of rotatable bonds is 4. The second kappa shape index (κ2) is 6.62. The number of halogens is 1. The molecule has 0 bridgehead atoms. The summed E-state index contributed by atoms with van der Waals surface area (Å²) in [6.07, 6.45) is 4.04. The van der Waals surface area contributed by atoms with Crippen LogP contribution in [0.1, 0.15) is 25.7 Å². The van der Waals surface area contributed by atoms with Gasteiger partial charge < -0.3 is 10.2 Å². The van der Waals surface area contributed by atoms with Gasteiger partial charge in [-0.25, -0.2) is 4.98 Å². The van der Waals surface area contributed by atoms with E-state index in [4.69, 9.17) is 11.6 Å². The van der Waals surface area contributed by atoms with E-state index in [0.29, 0.717) is 13.0 Å². The van der Waals surface area contributed by atoms with Gasteiger partial charge in [0.1, 0.15) is 0 Å². The average Bonchev–Trinajstić information content (AvgIpc) is 2.89. The average molecular weight is 324 g/mol. The minimum atomic E-state index is 0.242. The Morgan fingerprint density at radius 2 is 2.14 bits per heavy atom. The molecule has 1 aliphatic rings. The molecule has 1 aromatic carbocycles. The second-order valence-corrected chi connectivity index (χ2v) is 6.72. The third-order valence-corrected chi connectivity index (χ3v) is 4.89. The lowest BCUT2D eigenvalue weighted by atomic mass is 10.1. The Balaban J connectivity index is 1.53. The summed E-state index contributed by atoms with van der Waals surface area (Å²) in [4.78, 5) is 18.5. The monoisotopic (exact) mass is 323 g/mol. The van der Waals surface area contributed by atoms with Crippen LogP contribution in [-0.4, -0.2) is 35.4 Å². The number of anilines is 1. The van der Waals surface area contributed by atoms with Crippen LogP contribution in [0.5, 0.6) is 0 Å². The van der Waals surface area contributed by atoms with E-state index in [0.717, 1.165) is 46.3 Å². The number of nitrogens with one attached hydrogen (secondary N) is 1. The molecule has 6 heteroatoms. The molecule has 0 radical (unpaired) electrons. The van der Waals surface area contributed by atoms with Crippen LogP contribution < -0.4 is 5.32 Å². The van der Waals surface area contributed by atoms with Crippen molar-refractivity contribution < 1.29 is 4.79 Å². The van der Waals surface area contributed by atoms with Gasteiger partial charge in [-0.15, -0.1) is 0 Å². The fraction of sp³-hybridized carbons (Fsp3) is 0.467. The summed E-state index contributed by atoms with van der Waals surface area (Å²) in [6, 6.07) is 5.67. The maximum Gasteiger partial charge on any atom is 0.224 e. The fourth-order valence-electron chi connectivity index (χ4n) is 2.55. The number of benzene rings is 1. The third-order valence-electron chi connectivity index (χ3n) is 3.67. The predicted molar refractivity (Wildman–Crippen MR) is 88.2 cm³/mol. The SMILES string of the molecule is O=C(CCNc1nc2ccc(Cl)cc2s1)N1CCCCC1. The molecule has 21 heavy (non-hydrogen) atoms. The number of carbonyl (C=O) groups is 1. The molecule has 0 atom stereocenters. The van der Waals surface area contributed by atoms with E-state index in [2.05, 4.69) is 10.3 Å². The molecule has 0 unspecified atom stereocenters. The molecule has 0 aliphatic carbocycles. The van der Waals surface area contributed by atoms with E-state index < -0.39 is 0 Å². The third kappa shape index (κ3) is 3.66. The molecule has 1 aromatic heterocycles. The Hall–Kier alpha value is -1.33. The van der Waals surface area contributed by atoms with Crippen LogP contribution in [0.25, 0.3) is 10.2 Å². The number of thiazole rings is 1. The largest absolute Gasteiger partial charge is 0.361 e. The first-order chi connectivity index (χ1) is 10.2. The topological polar surface area (TPSA) is 45.2 Å². The van der Waals surface area contributed by atoms with Gasteiger partial charge in [-0.05, 0) is 37.5 Å². The van der Waals surface area contributed by atoms with Crippen LogP contribution in [0.2, 0.25) is 5.02 Å². The first-order valence-corrected chi connectivity index (χ1v) is 8.49. The lowest BCUT2D eigenvalue weighted by molar-refractivity contribution is -0.131. The summed E-state index contributed by atoms with van der Waals surface area (Å²) < 4.78 is 1.06. The summed E-state index contributed by atoms with van der Waals surface area (Å²) in [5.41, 5.74) is 0.939. The van der Waals surface area contributed by atoms with Gasteiger partial charge in [0.15, 0.2) is 5.13 Å². The van der Waals surface area contributed by atoms with Crippen molar-refractivity contribution >= 4 is 44.2 Å². The Morgan fingerprint density at radius 1 is 1.33 bits per heavy atom. The highest BCUT2D eigenvalue weighted by Crippen LogP contribution is 2.28. The highest BCUT2D eigenvalue weighted by atomic mass is 35.5. The first kappa shape index (κ1) is 14.6. The van der Waals surface area contributed by atoms with Crippen molar-refractivity contribution in [3.8, 4) is 0 Å². The zero-order chi connectivity index (χ0) is 14.7. The lowest BCUT2D eigenvalue weighted by Gasteiger charge is -2.26. The standard InChI is InChI=1S/C15H18ClN3OS/c16-11-4-5-12-13(10-11)21-15(18-12)17-7-6-14(20)19-8-2-1-3-9-19/h4-5,10H,1-3,6-9H2,(H,17,18). The summed E-state index contributed by atoms with van der Waals surface area (Å²) >= 11 is 7.54. The zero-order valence-corrected chi connectivity index (χ0v) is 13.3. The smallest absolute Gasteiger partial charge is 0.224 e. The lowest BCUT2D eigenvalue weighted by Crippen LogP contribution is -2.36. The van der Waals surface area contributed by atoms with E-state index in [9.17, 15) is 4.79 Å². The summed E-state index contributed by atoms with van der Waals surface area (Å²) in [7, 11) is 0. The molecule has 2 heterocycles. The van der Waals surface area contributed by atoms with Gasteiger partial charge in [0.25, 0.3) is 0 Å². The van der Waals surface area contributed by atoms with Crippen molar-refractivity contribution in [1.29, 1.82) is 0 Å². The maximum absolute atomic E-state index is 12.1. The van der Waals surface area contributed by atoms with Crippen molar-refractivity contribution in [3.63, 3.8) is 0 Å². The van der Waals surface area contributed by atoms with Crippen molar-refractivity contribution in [3.05, 3.63) is 23.2 Å². The van der Waals surface area contributed by atoms with Crippen LogP contribution in [-0.2, 0) is 4.79 Å². The Labute approximate surface area is 133 Å². The van der Waals surface area contributed by atoms with Crippen molar-refractivity contribution in [2.45, 2.75) is 25.7 Å². The normalized spacial score (nSPS) is 15.4. The Bertz CT molecular complexity index is 637. The quantitative estimate of drug-likeness (QED) is 0.931. The predicted octanol–water partition coefficient (Wildman–Crippen LogP) is 3.76. The first-order valence-electron chi connectivity index (χ1n) is 7.30. The molecular formula is C15H18ClN3OS. The van der Waals surface area contributed by atoms with Crippen molar-refractivity contribution in [2.75, 3.05) is 25.0 Å². The molecule has 1 aliphatic heterocycles. The highest BCUT2D eigenvalue weighted by Gasteiger charge is 2.15. The van der Waals surface area contributed by atoms with Gasteiger partial charge in [-0.1, -0.05) is 22.9 Å². The van der Waals surface area contributed by atoms with E-state index in [1.54, 1.807) is 11.3 Å². The van der Waals surface area contributed by atoms with Gasteiger partial charge in [0, 0.05) is 31.1 Å². The van der Waals surface area contributed by atoms with Crippen LogP contribution in [0, 0.1) is 0 Å². The summed E-state index contributed by atoms with van der Waals surface area (Å²) in [5.74, 6) is 0.242. The Morgan fingerprint density at radius 3 is 2.95 bits per heavy atom. The van der Waals surface area contributed by atoms with Crippen molar-refractivity contribution in [1.82, 2.24) is 9.88 Å². The molecule has 1 saturated heterocycles. The van der Waals surface area contributed by atoms with E-state index in [-0.39, 0.29) is 5.91 Å². The van der Waals surface area contributed by atoms with Crippen molar-refractivity contribution in [2.24, 2.45) is 0 Å². The highest BCUT2D eigenvalue weighted by molar-refractivity contribution is 7.22. The number of carbonyl (C=O) groups excluding carboxylic acids is 1. The minimum Gasteiger partial charge on any atom is -0.361 e. The molecule has 1 amide bonds. The van der Waals surface area contributed by atoms with E-state index >= 15 is 0 Å². The molecule has 4 nitrogen and oxygen atoms in total. The van der Waals surface area contributed by atoms with Gasteiger partial charge in [0.05, 0.1) is 10.2 Å². The number of piperidine rings is 1. The number of hydrogen-bond donors (Lipinski definition) is 1. The summed E-state index contributed by atoms with van der Waals surface area (Å²) in [5, 5.41) is 4.81. The number of likely N-dealkylation sites (tertiary alicyclic amines) is 1. The second-order valence-electron chi connectivity index (χ2n) is 5.25. The summed E-state index contributed by atoms with van der Waals surface area (Å²) in [6.45, 7) is 2.46. The number of hydrogen-bond acceptors (Lipinski definition) is 4.